The minimum absolute atomic E-state index is 0.0576. The van der Waals surface area contributed by atoms with Crippen LogP contribution >= 0.6 is 11.8 Å². The van der Waals surface area contributed by atoms with Gasteiger partial charge in [0.15, 0.2) is 5.16 Å². The Balaban J connectivity index is 1.93. The third kappa shape index (κ3) is 3.86. The van der Waals surface area contributed by atoms with Crippen molar-refractivity contribution in [3.8, 4) is 0 Å². The lowest BCUT2D eigenvalue weighted by molar-refractivity contribution is 0.469. The molecule has 134 valence electrons. The van der Waals surface area contributed by atoms with Crippen molar-refractivity contribution in [3.63, 3.8) is 0 Å². The van der Waals surface area contributed by atoms with Crippen LogP contribution in [0.2, 0.25) is 0 Å². The summed E-state index contributed by atoms with van der Waals surface area (Å²) in [6, 6.07) is 4.75. The fourth-order valence-corrected chi connectivity index (χ4v) is 3.84. The van der Waals surface area contributed by atoms with Crippen LogP contribution in [0.4, 0.5) is 0 Å². The van der Waals surface area contributed by atoms with Crippen molar-refractivity contribution in [2.24, 2.45) is 5.14 Å². The van der Waals surface area contributed by atoms with E-state index in [1.165, 1.54) is 23.9 Å². The molecule has 10 heteroatoms. The van der Waals surface area contributed by atoms with Crippen molar-refractivity contribution in [1.82, 2.24) is 19.7 Å². The van der Waals surface area contributed by atoms with Crippen molar-refractivity contribution < 1.29 is 12.8 Å². The van der Waals surface area contributed by atoms with Gasteiger partial charge in [0, 0.05) is 13.0 Å². The first-order valence-corrected chi connectivity index (χ1v) is 10.4. The molecule has 0 radical (unpaired) electrons. The van der Waals surface area contributed by atoms with Crippen molar-refractivity contribution in [2.45, 2.75) is 49.0 Å². The van der Waals surface area contributed by atoms with Crippen LogP contribution in [0.5, 0.6) is 0 Å². The maximum Gasteiger partial charge on any atom is 0.238 e. The largest absolute Gasteiger partial charge is 0.424 e. The number of primary sulfonamides is 1. The molecular weight excluding hydrogens is 362 g/mol. The molecule has 0 amide bonds. The Morgan fingerprint density at radius 1 is 1.24 bits per heavy atom. The third-order valence-corrected chi connectivity index (χ3v) is 5.47. The lowest BCUT2D eigenvalue weighted by Gasteiger charge is -2.06. The molecule has 2 aromatic heterocycles. The Kier molecular flexibility index (Phi) is 5.11. The molecule has 8 nitrogen and oxygen atoms in total. The van der Waals surface area contributed by atoms with E-state index in [1.807, 2.05) is 6.92 Å². The lowest BCUT2D eigenvalue weighted by Crippen LogP contribution is -2.11. The number of benzene rings is 1. The van der Waals surface area contributed by atoms with E-state index < -0.39 is 10.0 Å². The molecular formula is C15H19N5O3S2. The van der Waals surface area contributed by atoms with Gasteiger partial charge in [-0.2, -0.15) is 0 Å². The zero-order chi connectivity index (χ0) is 18.0. The second kappa shape index (κ2) is 7.14. The van der Waals surface area contributed by atoms with Crippen molar-refractivity contribution >= 4 is 32.8 Å². The molecule has 0 bridgehead atoms. The number of nitrogens with zero attached hydrogens (tertiary/aromatic N) is 4. The first-order valence-electron chi connectivity index (χ1n) is 7.89. The predicted octanol–water partition coefficient (Wildman–Crippen LogP) is 2.33. The molecule has 0 unspecified atom stereocenters. The van der Waals surface area contributed by atoms with Crippen LogP contribution in [0.25, 0.3) is 11.0 Å². The number of fused-ring (bicyclic) bond motifs is 1. The second-order valence-corrected chi connectivity index (χ2v) is 7.98. The molecule has 2 heterocycles. The van der Waals surface area contributed by atoms with E-state index >= 15 is 0 Å². The van der Waals surface area contributed by atoms with Gasteiger partial charge >= 0.3 is 0 Å². The molecule has 0 saturated carbocycles. The number of imidazole rings is 1. The minimum Gasteiger partial charge on any atom is -0.424 e. The normalized spacial score (nSPS) is 12.1. The molecule has 0 aliphatic rings. The first-order chi connectivity index (χ1) is 11.9. The monoisotopic (exact) mass is 381 g/mol. The summed E-state index contributed by atoms with van der Waals surface area (Å²) < 4.78 is 30.7. The highest BCUT2D eigenvalue weighted by molar-refractivity contribution is 7.98. The van der Waals surface area contributed by atoms with E-state index in [-0.39, 0.29) is 4.90 Å². The highest BCUT2D eigenvalue weighted by Gasteiger charge is 2.16. The van der Waals surface area contributed by atoms with Gasteiger partial charge in [0.25, 0.3) is 0 Å². The predicted molar refractivity (Wildman–Crippen MR) is 94.6 cm³/mol. The van der Waals surface area contributed by atoms with E-state index in [0.29, 0.717) is 29.5 Å². The van der Waals surface area contributed by atoms with Crippen molar-refractivity contribution in [1.29, 1.82) is 0 Å². The van der Waals surface area contributed by atoms with Crippen LogP contribution in [-0.2, 0) is 28.7 Å². The summed E-state index contributed by atoms with van der Waals surface area (Å²) in [6.45, 7) is 4.80. The molecule has 25 heavy (non-hydrogen) atoms. The van der Waals surface area contributed by atoms with Gasteiger partial charge in [-0.05, 0) is 24.6 Å². The number of sulfonamides is 1. The van der Waals surface area contributed by atoms with Gasteiger partial charge in [-0.25, -0.2) is 18.5 Å². The van der Waals surface area contributed by atoms with Gasteiger partial charge < -0.3 is 8.98 Å². The van der Waals surface area contributed by atoms with Gasteiger partial charge in [0.05, 0.1) is 21.7 Å². The summed E-state index contributed by atoms with van der Waals surface area (Å²) in [5.41, 5.74) is 1.47. The van der Waals surface area contributed by atoms with Gasteiger partial charge in [-0.3, -0.25) is 0 Å². The maximum atomic E-state index is 11.5. The standard InChI is InChI=1S/C15H19N5O3S2/c1-3-7-20-12-6-5-10(25(16,21)22)8-11(12)17-15(20)24-9-14-19-18-13(4-2)23-14/h5-6,8H,3-4,7,9H2,1-2H3,(H2,16,21,22). The zero-order valence-electron chi connectivity index (χ0n) is 14.0. The fraction of sp³-hybridized carbons (Fsp3) is 0.400. The van der Waals surface area contributed by atoms with Crippen molar-refractivity contribution in [2.75, 3.05) is 0 Å². The molecule has 0 saturated heterocycles. The zero-order valence-corrected chi connectivity index (χ0v) is 15.6. The maximum absolute atomic E-state index is 11.5. The number of rotatable bonds is 7. The average molecular weight is 381 g/mol. The van der Waals surface area contributed by atoms with Crippen molar-refractivity contribution in [3.05, 3.63) is 30.0 Å². The van der Waals surface area contributed by atoms with Crippen LogP contribution < -0.4 is 5.14 Å². The Morgan fingerprint density at radius 3 is 2.64 bits per heavy atom. The Bertz CT molecular complexity index is 994. The third-order valence-electron chi connectivity index (χ3n) is 3.60. The van der Waals surface area contributed by atoms with Gasteiger partial charge in [-0.15, -0.1) is 10.2 Å². The molecule has 0 spiro atoms. The Morgan fingerprint density at radius 2 is 2.00 bits per heavy atom. The van der Waals surface area contributed by atoms with Gasteiger partial charge in [-0.1, -0.05) is 25.6 Å². The van der Waals surface area contributed by atoms with E-state index in [1.54, 1.807) is 6.07 Å². The number of hydrogen-bond donors (Lipinski definition) is 1. The quantitative estimate of drug-likeness (QED) is 0.624. The number of nitrogens with two attached hydrogens (primary N) is 1. The molecule has 3 aromatic rings. The summed E-state index contributed by atoms with van der Waals surface area (Å²) >= 11 is 1.48. The topological polar surface area (TPSA) is 117 Å². The van der Waals surface area contributed by atoms with E-state index in [0.717, 1.165) is 23.6 Å². The Hall–Kier alpha value is -1.91. The van der Waals surface area contributed by atoms with Crippen LogP contribution in [0.15, 0.2) is 32.7 Å². The highest BCUT2D eigenvalue weighted by Crippen LogP contribution is 2.28. The molecule has 3 rings (SSSR count). The van der Waals surface area contributed by atoms with E-state index in [4.69, 9.17) is 9.56 Å². The molecule has 0 aliphatic carbocycles. The summed E-state index contributed by atoms with van der Waals surface area (Å²) in [5, 5.41) is 13.9. The van der Waals surface area contributed by atoms with Crippen LogP contribution in [0.1, 0.15) is 32.0 Å². The summed E-state index contributed by atoms with van der Waals surface area (Å²) in [4.78, 5) is 4.62. The Labute approximate surface area is 149 Å². The second-order valence-electron chi connectivity index (χ2n) is 5.47. The number of hydrogen-bond acceptors (Lipinski definition) is 7. The molecule has 0 atom stereocenters. The molecule has 1 aromatic carbocycles. The number of aromatic nitrogens is 4. The molecule has 2 N–H and O–H groups in total. The van der Waals surface area contributed by atoms with E-state index in [9.17, 15) is 8.42 Å². The van der Waals surface area contributed by atoms with Crippen LogP contribution in [0, 0.1) is 0 Å². The minimum atomic E-state index is -3.75. The summed E-state index contributed by atoms with van der Waals surface area (Å²) in [5.74, 6) is 1.65. The molecule has 0 fully saturated rings. The smallest absolute Gasteiger partial charge is 0.238 e. The highest BCUT2D eigenvalue weighted by atomic mass is 32.2. The SMILES string of the molecule is CCCn1c(SCc2nnc(CC)o2)nc2cc(S(N)(=O)=O)ccc21. The van der Waals surface area contributed by atoms with Crippen LogP contribution in [0.3, 0.4) is 0 Å². The number of aryl methyl sites for hydroxylation is 2. The summed E-state index contributed by atoms with van der Waals surface area (Å²) in [7, 11) is -3.75. The molecule has 0 aliphatic heterocycles. The fourth-order valence-electron chi connectivity index (χ4n) is 2.43. The number of thioether (sulfide) groups is 1. The van der Waals surface area contributed by atoms with Gasteiger partial charge in [0.1, 0.15) is 0 Å². The summed E-state index contributed by atoms with van der Waals surface area (Å²) in [6.07, 6.45) is 1.62. The lowest BCUT2D eigenvalue weighted by atomic mass is 10.3. The van der Waals surface area contributed by atoms with E-state index in [2.05, 4.69) is 26.7 Å². The average Bonchev–Trinajstić information content (AvgIpc) is 3.16. The van der Waals surface area contributed by atoms with Crippen LogP contribution in [-0.4, -0.2) is 28.2 Å². The first kappa shape index (κ1) is 17.9. The van der Waals surface area contributed by atoms with Gasteiger partial charge in [0.2, 0.25) is 21.8 Å².